The van der Waals surface area contributed by atoms with Gasteiger partial charge in [-0.25, -0.2) is 30.4 Å². The van der Waals surface area contributed by atoms with Crippen LogP contribution < -0.4 is 39.6 Å². The van der Waals surface area contributed by atoms with Crippen LogP contribution in [-0.2, 0) is 14.3 Å². The molecular formula is C67H71I6N12O4-. The molecule has 11 rings (SSSR count). The molecule has 0 saturated heterocycles. The number of fused-ring (bicyclic) bond motifs is 4. The second-order valence-electron chi connectivity index (χ2n) is 19.4. The number of nitrogen functional groups attached to an aromatic ring is 1. The first-order valence-electron chi connectivity index (χ1n) is 28.5. The number of unbranched alkanes of at least 4 members (excludes halogenated alkanes) is 6. The summed E-state index contributed by atoms with van der Waals surface area (Å²) in [6, 6.07) is 54.4. The summed E-state index contributed by atoms with van der Waals surface area (Å²) >= 11 is 9.54. The zero-order valence-corrected chi connectivity index (χ0v) is 62.2. The Hall–Kier alpha value is -5.55. The number of nitrogens with zero attached hydrogens (tertiary/aromatic N) is 9. The van der Waals surface area contributed by atoms with Crippen molar-refractivity contribution < 1.29 is 32.8 Å². The number of nitrogens with one attached hydrogen (secondary N) is 2. The maximum atomic E-state index is 11.4. The number of rotatable bonds is 21. The quantitative estimate of drug-likeness (QED) is 0.0173. The minimum absolute atomic E-state index is 0. The van der Waals surface area contributed by atoms with E-state index in [9.17, 15) is 9.59 Å². The summed E-state index contributed by atoms with van der Waals surface area (Å²) in [5.41, 5.74) is 9.23. The third-order valence-electron chi connectivity index (χ3n) is 13.4. The van der Waals surface area contributed by atoms with Crippen LogP contribution in [0.2, 0.25) is 0 Å². The van der Waals surface area contributed by atoms with Gasteiger partial charge in [-0.15, -0.1) is 24.0 Å². The zero-order chi connectivity index (χ0) is 62.4. The number of hydrogen-bond acceptors (Lipinski definition) is 15. The maximum Gasteiger partial charge on any atom is 0.243 e. The number of carbonyl (C=O) groups is 2. The Labute approximate surface area is 591 Å². The molecule has 7 heterocycles. The van der Waals surface area contributed by atoms with E-state index in [0.717, 1.165) is 131 Å². The number of halogens is 6. The van der Waals surface area contributed by atoms with Crippen LogP contribution >= 0.6 is 98.4 Å². The fourth-order valence-corrected chi connectivity index (χ4v) is 9.13. The van der Waals surface area contributed by atoms with Crippen LogP contribution in [0, 0.1) is 0 Å². The Morgan fingerprint density at radius 1 is 0.494 bits per heavy atom. The van der Waals surface area contributed by atoms with E-state index in [1.165, 1.54) is 10.8 Å². The number of pyridine rings is 7. The Balaban J connectivity index is 0.000000219. The van der Waals surface area contributed by atoms with Crippen molar-refractivity contribution in [3.05, 3.63) is 220 Å². The molecule has 0 aliphatic heterocycles. The topological polar surface area (TPSA) is 210 Å². The van der Waals surface area contributed by atoms with E-state index in [-0.39, 0.29) is 35.9 Å². The molecule has 22 heteroatoms. The summed E-state index contributed by atoms with van der Waals surface area (Å²) in [6.45, 7) is 3.98. The van der Waals surface area contributed by atoms with Gasteiger partial charge in [0.05, 0.1) is 30.4 Å². The minimum Gasteiger partial charge on any atom is -0.384 e. The van der Waals surface area contributed by atoms with Crippen LogP contribution in [0.5, 0.6) is 0 Å². The van der Waals surface area contributed by atoms with Crippen LogP contribution in [-0.4, -0.2) is 71.7 Å². The van der Waals surface area contributed by atoms with Crippen molar-refractivity contribution in [1.29, 1.82) is 0 Å². The molecule has 0 aliphatic carbocycles. The van der Waals surface area contributed by atoms with E-state index in [4.69, 9.17) is 15.7 Å². The van der Waals surface area contributed by atoms with Crippen molar-refractivity contribution in [3.63, 3.8) is 0 Å². The number of benzene rings is 4. The molecule has 0 fully saturated rings. The standard InChI is InChI=1S/C23H27N3O2.C21H24N4O2.C14H11N3.C9H8N2.I3.I2.HI/c1-2-28-23(27)13-5-3-4-8-15-26(21-12-9-14-24-18-21)22-16-19-10-6-7-11-20(19)17-25-22;26-21(24-27)11-3-1-2-6-13-25(19-10-7-12-22-16-19)20-14-17-8-4-5-9-18(17)15-23-20;1-2-6-12-10-16-14(9-11(12)5-1)17-13-7-3-4-8-15-13;10-9-5-7-3-1-2-4-8(7)6-11-9;1-3-2;1-2;/h6-7,9-12,14,16-18H,2-5,8,13,15H2,1H3;4-5,7-10,12,14-16,27H,1-3,6,11,13H2,(H,24,26);1-10H,(H,15,16,17);1-6H,(H2,10,11);;;1H/q;;;;-1;;. The molecule has 16 nitrogen and oxygen atoms in total. The molecule has 0 unspecified atom stereocenters. The van der Waals surface area contributed by atoms with Crippen LogP contribution in [0.1, 0.15) is 71.1 Å². The third-order valence-corrected chi connectivity index (χ3v) is 13.4. The minimum atomic E-state index is -0.327. The van der Waals surface area contributed by atoms with Gasteiger partial charge in [-0.05, 0) is 115 Å². The molecule has 1 amide bonds. The number of ether oxygens (including phenoxy) is 1. The van der Waals surface area contributed by atoms with E-state index < -0.39 is 0 Å². The largest absolute Gasteiger partial charge is 0.384 e. The van der Waals surface area contributed by atoms with Gasteiger partial charge in [0.2, 0.25) is 5.91 Å². The number of anilines is 7. The van der Waals surface area contributed by atoms with Gasteiger partial charge in [0.1, 0.15) is 29.1 Å². The van der Waals surface area contributed by atoms with Gasteiger partial charge in [-0.1, -0.05) is 129 Å². The van der Waals surface area contributed by atoms with Crippen LogP contribution in [0.15, 0.2) is 220 Å². The molecule has 11 aromatic rings. The van der Waals surface area contributed by atoms with Gasteiger partial charge in [0.25, 0.3) is 0 Å². The van der Waals surface area contributed by atoms with Crippen molar-refractivity contribution in [2.45, 2.75) is 71.1 Å². The average molecular weight is 1870 g/mol. The normalized spacial score (nSPS) is 10.2. The molecule has 5 N–H and O–H groups in total. The molecule has 89 heavy (non-hydrogen) atoms. The zero-order valence-electron chi connectivity index (χ0n) is 49.0. The van der Waals surface area contributed by atoms with Gasteiger partial charge in [0, 0.05) is 128 Å². The van der Waals surface area contributed by atoms with Crippen LogP contribution in [0.25, 0.3) is 43.1 Å². The summed E-state index contributed by atoms with van der Waals surface area (Å²) < 4.78 is 4.98. The molecule has 0 spiro atoms. The molecule has 4 aromatic carbocycles. The van der Waals surface area contributed by atoms with Gasteiger partial charge >= 0.3 is 56.5 Å². The van der Waals surface area contributed by atoms with Gasteiger partial charge < -0.3 is 25.6 Å². The summed E-state index contributed by atoms with van der Waals surface area (Å²) in [4.78, 5) is 57.2. The number of aromatic nitrogens is 7. The second kappa shape index (κ2) is 44.0. The number of hydroxylamine groups is 1. The molecular weight excluding hydrogens is 1800 g/mol. The molecule has 7 aromatic heterocycles. The monoisotopic (exact) mass is 1870 g/mol. The van der Waals surface area contributed by atoms with Gasteiger partial charge in [-0.3, -0.25) is 24.8 Å². The van der Waals surface area contributed by atoms with E-state index >= 15 is 0 Å². The average Bonchev–Trinajstić information content (AvgIpc) is 2.65. The Kier molecular flexibility index (Phi) is 36.7. The Morgan fingerprint density at radius 3 is 1.37 bits per heavy atom. The first kappa shape index (κ1) is 74.2. The van der Waals surface area contributed by atoms with E-state index in [1.807, 2.05) is 153 Å². The van der Waals surface area contributed by atoms with Gasteiger partial charge in [-0.2, -0.15) is 0 Å². The van der Waals surface area contributed by atoms with E-state index in [0.29, 0.717) is 38.5 Å². The molecule has 0 aliphatic rings. The van der Waals surface area contributed by atoms with Crippen LogP contribution in [0.4, 0.5) is 40.5 Å². The van der Waals surface area contributed by atoms with Crippen LogP contribution in [0.3, 0.4) is 0 Å². The summed E-state index contributed by atoms with van der Waals surface area (Å²) in [5.74, 6) is 3.59. The van der Waals surface area contributed by atoms with Crippen molar-refractivity contribution in [2.75, 3.05) is 40.5 Å². The summed E-state index contributed by atoms with van der Waals surface area (Å²) in [7, 11) is 0. The molecule has 466 valence electrons. The van der Waals surface area contributed by atoms with E-state index in [2.05, 4.69) is 173 Å². The number of nitrogens with two attached hydrogens (primary N) is 1. The predicted molar refractivity (Wildman–Crippen MR) is 406 cm³/mol. The predicted octanol–water partition coefficient (Wildman–Crippen LogP) is 15.9. The summed E-state index contributed by atoms with van der Waals surface area (Å²) in [5, 5.41) is 20.9. The van der Waals surface area contributed by atoms with Crippen molar-refractivity contribution >= 4 is 194 Å². The van der Waals surface area contributed by atoms with Crippen molar-refractivity contribution in [2.24, 2.45) is 0 Å². The Morgan fingerprint density at radius 2 is 0.921 bits per heavy atom. The maximum absolute atomic E-state index is 11.4. The molecule has 0 bridgehead atoms. The first-order valence-corrected chi connectivity index (χ1v) is 47.4. The fourth-order valence-electron chi connectivity index (χ4n) is 9.13. The Bertz CT molecular complexity index is 3780. The number of amides is 1. The summed E-state index contributed by atoms with van der Waals surface area (Å²) in [6.07, 6.45) is 25.0. The second-order valence-corrected chi connectivity index (χ2v) is 35.7. The molecule has 0 atom stereocenters. The number of esters is 1. The third kappa shape index (κ3) is 26.7. The van der Waals surface area contributed by atoms with Crippen molar-refractivity contribution in [3.8, 4) is 0 Å². The first-order chi connectivity index (χ1) is 43.2. The number of hydrogen-bond donors (Lipinski definition) is 4. The molecule has 0 saturated carbocycles. The smallest absolute Gasteiger partial charge is 0.243 e. The van der Waals surface area contributed by atoms with E-state index in [1.54, 1.807) is 30.3 Å². The van der Waals surface area contributed by atoms with Gasteiger partial charge in [0.15, 0.2) is 0 Å². The number of carbonyl (C=O) groups excluding carboxylic acids is 2. The van der Waals surface area contributed by atoms with Crippen molar-refractivity contribution in [1.82, 2.24) is 40.4 Å². The SMILES string of the molecule is CCOC(=O)CCCCCCN(c1cccnc1)c1cc2ccccc2cn1.I.II.I[I-]I.Nc1cc2ccccc2cn1.O=C(CCCCCCN(c1cccnc1)c1cc2ccccc2cn1)NO.c1ccc(Nc2cc3ccccc3cn2)nc1. The fraction of sp³-hybridized carbons (Fsp3) is 0.209. The molecule has 0 radical (unpaired) electrons.